The third kappa shape index (κ3) is 2.53. The quantitative estimate of drug-likeness (QED) is 0.782. The van der Waals surface area contributed by atoms with E-state index < -0.39 is 0 Å². The van der Waals surface area contributed by atoms with Crippen LogP contribution in [-0.2, 0) is 12.8 Å². The Bertz CT molecular complexity index is 546. The van der Waals surface area contributed by atoms with Crippen molar-refractivity contribution >= 4 is 35.7 Å². The molecular weight excluding hydrogens is 271 g/mol. The molecule has 98 valence electrons. The van der Waals surface area contributed by atoms with Gasteiger partial charge in [0.05, 0.1) is 5.52 Å². The minimum atomic E-state index is 0. The Morgan fingerprint density at radius 1 is 1.06 bits per heavy atom. The number of para-hydroxylation sites is 1. The predicted molar refractivity (Wildman–Crippen MR) is 78.2 cm³/mol. The fraction of sp³-hybridized carbons (Fsp3) is 0.308. The van der Waals surface area contributed by atoms with Gasteiger partial charge in [-0.3, -0.25) is 4.98 Å². The molecule has 1 aromatic heterocycles. The van der Waals surface area contributed by atoms with E-state index in [4.69, 9.17) is 0 Å². The van der Waals surface area contributed by atoms with Crippen LogP contribution >= 0.6 is 24.8 Å². The summed E-state index contributed by atoms with van der Waals surface area (Å²) in [6.07, 6.45) is 1.76. The summed E-state index contributed by atoms with van der Waals surface area (Å²) in [6, 6.07) is 7.77. The summed E-state index contributed by atoms with van der Waals surface area (Å²) >= 11 is 0. The van der Waals surface area contributed by atoms with Crippen molar-refractivity contribution in [3.05, 3.63) is 35.5 Å². The molecule has 0 unspecified atom stereocenters. The van der Waals surface area contributed by atoms with Crippen molar-refractivity contribution in [2.45, 2.75) is 12.8 Å². The van der Waals surface area contributed by atoms with Gasteiger partial charge < -0.3 is 10.4 Å². The fourth-order valence-electron chi connectivity index (χ4n) is 2.30. The number of nitrogens with zero attached hydrogens (tertiary/aromatic N) is 1. The molecule has 0 aliphatic carbocycles. The molecule has 2 aromatic rings. The lowest BCUT2D eigenvalue weighted by atomic mass is 10.0. The molecule has 0 bridgehead atoms. The predicted octanol–water partition coefficient (Wildman–Crippen LogP) is 2.47. The van der Waals surface area contributed by atoms with Crippen LogP contribution in [-0.4, -0.2) is 23.2 Å². The Labute approximate surface area is 118 Å². The summed E-state index contributed by atoms with van der Waals surface area (Å²) in [5.41, 5.74) is 2.95. The molecule has 1 aliphatic heterocycles. The van der Waals surface area contributed by atoms with Gasteiger partial charge >= 0.3 is 0 Å². The molecule has 0 amide bonds. The van der Waals surface area contributed by atoms with E-state index in [1.165, 1.54) is 0 Å². The smallest absolute Gasteiger partial charge is 0.130 e. The standard InChI is InChI=1S/C13H14N2O.2ClH/c16-13-9-3-1-2-4-11(9)15-12-6-8-14-7-5-10(12)13;;/h1-4,14H,5-8H2,(H,15,16);2*1H. The van der Waals surface area contributed by atoms with E-state index in [1.807, 2.05) is 24.3 Å². The molecule has 5 heteroatoms. The van der Waals surface area contributed by atoms with Crippen molar-refractivity contribution in [1.29, 1.82) is 0 Å². The van der Waals surface area contributed by atoms with E-state index in [9.17, 15) is 5.11 Å². The van der Waals surface area contributed by atoms with Gasteiger partial charge in [0.2, 0.25) is 0 Å². The van der Waals surface area contributed by atoms with Crippen LogP contribution in [0, 0.1) is 0 Å². The van der Waals surface area contributed by atoms with Gasteiger partial charge in [-0.1, -0.05) is 12.1 Å². The van der Waals surface area contributed by atoms with Crippen LogP contribution in [0.5, 0.6) is 5.75 Å². The minimum Gasteiger partial charge on any atom is -0.507 e. The van der Waals surface area contributed by atoms with Crippen LogP contribution in [0.2, 0.25) is 0 Å². The highest BCUT2D eigenvalue weighted by Crippen LogP contribution is 2.30. The van der Waals surface area contributed by atoms with Gasteiger partial charge in [0.25, 0.3) is 0 Å². The third-order valence-corrected chi connectivity index (χ3v) is 3.14. The minimum absolute atomic E-state index is 0. The van der Waals surface area contributed by atoms with E-state index in [2.05, 4.69) is 10.3 Å². The average molecular weight is 287 g/mol. The third-order valence-electron chi connectivity index (χ3n) is 3.14. The van der Waals surface area contributed by atoms with Gasteiger partial charge in [0, 0.05) is 29.6 Å². The normalized spacial score (nSPS) is 14.0. The summed E-state index contributed by atoms with van der Waals surface area (Å²) in [7, 11) is 0. The lowest BCUT2D eigenvalue weighted by molar-refractivity contribution is 0.473. The highest BCUT2D eigenvalue weighted by molar-refractivity contribution is 5.86. The second kappa shape index (κ2) is 6.23. The van der Waals surface area contributed by atoms with Crippen molar-refractivity contribution in [2.75, 3.05) is 13.1 Å². The number of benzene rings is 1. The van der Waals surface area contributed by atoms with E-state index in [0.717, 1.165) is 48.1 Å². The van der Waals surface area contributed by atoms with Gasteiger partial charge in [0.1, 0.15) is 5.75 Å². The van der Waals surface area contributed by atoms with Crippen LogP contribution in [0.25, 0.3) is 10.9 Å². The number of nitrogens with one attached hydrogen (secondary N) is 1. The zero-order valence-electron chi connectivity index (χ0n) is 9.85. The van der Waals surface area contributed by atoms with Crippen LogP contribution in [0.4, 0.5) is 0 Å². The molecule has 0 saturated heterocycles. The molecule has 3 rings (SSSR count). The Morgan fingerprint density at radius 3 is 2.61 bits per heavy atom. The number of rotatable bonds is 0. The van der Waals surface area contributed by atoms with E-state index in [0.29, 0.717) is 5.75 Å². The number of aromatic nitrogens is 1. The lowest BCUT2D eigenvalue weighted by Gasteiger charge is -2.10. The molecule has 0 atom stereocenters. The van der Waals surface area contributed by atoms with Crippen LogP contribution in [0.3, 0.4) is 0 Å². The van der Waals surface area contributed by atoms with Crippen molar-refractivity contribution in [3.8, 4) is 5.75 Å². The zero-order valence-corrected chi connectivity index (χ0v) is 11.5. The van der Waals surface area contributed by atoms with E-state index in [1.54, 1.807) is 0 Å². The number of aromatic hydroxyl groups is 1. The van der Waals surface area contributed by atoms with Crippen molar-refractivity contribution in [3.63, 3.8) is 0 Å². The highest BCUT2D eigenvalue weighted by atomic mass is 35.5. The van der Waals surface area contributed by atoms with Crippen LogP contribution < -0.4 is 5.32 Å². The van der Waals surface area contributed by atoms with Crippen molar-refractivity contribution in [2.24, 2.45) is 0 Å². The zero-order chi connectivity index (χ0) is 11.0. The second-order valence-corrected chi connectivity index (χ2v) is 4.15. The second-order valence-electron chi connectivity index (χ2n) is 4.15. The summed E-state index contributed by atoms with van der Waals surface area (Å²) in [6.45, 7) is 1.86. The van der Waals surface area contributed by atoms with Crippen LogP contribution in [0.15, 0.2) is 24.3 Å². The number of hydrogen-bond acceptors (Lipinski definition) is 3. The first-order chi connectivity index (χ1) is 7.86. The lowest BCUT2D eigenvalue weighted by Crippen LogP contribution is -2.16. The summed E-state index contributed by atoms with van der Waals surface area (Å²) in [4.78, 5) is 4.64. The van der Waals surface area contributed by atoms with Gasteiger partial charge in [-0.05, 0) is 25.1 Å². The molecular formula is C13H16Cl2N2O. The van der Waals surface area contributed by atoms with Crippen molar-refractivity contribution in [1.82, 2.24) is 10.3 Å². The molecule has 0 spiro atoms. The SMILES string of the molecule is Cl.Cl.Oc1c2c(nc3ccccc13)CCNCC2. The largest absolute Gasteiger partial charge is 0.507 e. The molecule has 0 radical (unpaired) electrons. The summed E-state index contributed by atoms with van der Waals surface area (Å²) in [5.74, 6) is 0.421. The molecule has 1 aromatic carbocycles. The van der Waals surface area contributed by atoms with Gasteiger partial charge in [-0.2, -0.15) is 0 Å². The maximum Gasteiger partial charge on any atom is 0.130 e. The first-order valence-corrected chi connectivity index (χ1v) is 5.66. The Morgan fingerprint density at radius 2 is 1.78 bits per heavy atom. The average Bonchev–Trinajstić information content (AvgIpc) is 2.55. The van der Waals surface area contributed by atoms with E-state index >= 15 is 0 Å². The Hall–Kier alpha value is -1.03. The molecule has 2 N–H and O–H groups in total. The maximum absolute atomic E-state index is 10.3. The topological polar surface area (TPSA) is 45.2 Å². The van der Waals surface area contributed by atoms with Crippen molar-refractivity contribution < 1.29 is 5.11 Å². The highest BCUT2D eigenvalue weighted by Gasteiger charge is 2.15. The maximum atomic E-state index is 10.3. The molecule has 2 heterocycles. The molecule has 3 nitrogen and oxygen atoms in total. The first-order valence-electron chi connectivity index (χ1n) is 5.66. The molecule has 1 aliphatic rings. The van der Waals surface area contributed by atoms with Gasteiger partial charge in [0.15, 0.2) is 0 Å². The van der Waals surface area contributed by atoms with Gasteiger partial charge in [-0.25, -0.2) is 0 Å². The molecule has 0 saturated carbocycles. The molecule has 18 heavy (non-hydrogen) atoms. The number of hydrogen-bond donors (Lipinski definition) is 2. The summed E-state index contributed by atoms with van der Waals surface area (Å²) in [5, 5.41) is 14.4. The fourth-order valence-corrected chi connectivity index (χ4v) is 2.30. The van der Waals surface area contributed by atoms with Gasteiger partial charge in [-0.15, -0.1) is 24.8 Å². The monoisotopic (exact) mass is 286 g/mol. The number of fused-ring (bicyclic) bond motifs is 2. The molecule has 0 fully saturated rings. The number of halogens is 2. The Balaban J connectivity index is 0.000000810. The number of pyridine rings is 1. The van der Waals surface area contributed by atoms with Crippen LogP contribution in [0.1, 0.15) is 11.3 Å². The summed E-state index contributed by atoms with van der Waals surface area (Å²) < 4.78 is 0. The first kappa shape index (κ1) is 15.0. The van der Waals surface area contributed by atoms with E-state index in [-0.39, 0.29) is 24.8 Å². The Kier molecular flexibility index (Phi) is 5.20.